The van der Waals surface area contributed by atoms with Crippen LogP contribution >= 0.6 is 12.2 Å². The number of ether oxygens (including phenoxy) is 2. The number of carbonyl (C=O) groups is 1. The van der Waals surface area contributed by atoms with Gasteiger partial charge in [-0.25, -0.2) is 0 Å². The van der Waals surface area contributed by atoms with E-state index in [1.165, 1.54) is 12.8 Å². The summed E-state index contributed by atoms with van der Waals surface area (Å²) in [5.74, 6) is 1.24. The molecule has 1 aliphatic rings. The fourth-order valence-electron chi connectivity index (χ4n) is 3.19. The zero-order valence-electron chi connectivity index (χ0n) is 15.1. The number of H-pyrrole nitrogens is 1. The highest BCUT2D eigenvalue weighted by Crippen LogP contribution is 2.33. The van der Waals surface area contributed by atoms with Crippen molar-refractivity contribution in [2.45, 2.75) is 44.8 Å². The van der Waals surface area contributed by atoms with Gasteiger partial charge in [-0.2, -0.15) is 0 Å². The molecule has 0 aliphatic heterocycles. The SMILES string of the molecule is COc1cc(C(C)NC(=O)c2ccc[nH]c2=S)ccc1OC1CCCC1. The van der Waals surface area contributed by atoms with Gasteiger partial charge in [-0.05, 0) is 62.4 Å². The van der Waals surface area contributed by atoms with Crippen LogP contribution in [0.3, 0.4) is 0 Å². The molecule has 5 nitrogen and oxygen atoms in total. The van der Waals surface area contributed by atoms with E-state index in [-0.39, 0.29) is 18.1 Å². The monoisotopic (exact) mass is 372 g/mol. The normalized spacial score (nSPS) is 15.5. The van der Waals surface area contributed by atoms with E-state index in [9.17, 15) is 4.79 Å². The molecule has 1 saturated carbocycles. The Morgan fingerprint density at radius 1 is 1.27 bits per heavy atom. The summed E-state index contributed by atoms with van der Waals surface area (Å²) in [4.78, 5) is 15.3. The van der Waals surface area contributed by atoms with E-state index in [2.05, 4.69) is 10.3 Å². The molecule has 6 heteroatoms. The third-order valence-corrected chi connectivity index (χ3v) is 5.03. The Morgan fingerprint density at radius 3 is 2.73 bits per heavy atom. The summed E-state index contributed by atoms with van der Waals surface area (Å²) in [6.07, 6.45) is 6.60. The van der Waals surface area contributed by atoms with Gasteiger partial charge in [0.1, 0.15) is 4.64 Å². The van der Waals surface area contributed by atoms with Gasteiger partial charge in [-0.15, -0.1) is 0 Å². The molecular formula is C20H24N2O3S. The van der Waals surface area contributed by atoms with Gasteiger partial charge >= 0.3 is 0 Å². The van der Waals surface area contributed by atoms with Crippen molar-refractivity contribution < 1.29 is 14.3 Å². The standard InChI is InChI=1S/C20H24N2O3S/c1-13(22-19(23)16-8-5-11-21-20(16)26)14-9-10-17(18(12-14)24-2)25-15-6-3-4-7-15/h5,8-13,15H,3-4,6-7H2,1-2H3,(H,21,26)(H,22,23). The van der Waals surface area contributed by atoms with Crippen molar-refractivity contribution >= 4 is 18.1 Å². The largest absolute Gasteiger partial charge is 0.493 e. The summed E-state index contributed by atoms with van der Waals surface area (Å²) < 4.78 is 12.0. The Morgan fingerprint density at radius 2 is 2.04 bits per heavy atom. The van der Waals surface area contributed by atoms with Crippen molar-refractivity contribution in [3.05, 3.63) is 52.3 Å². The topological polar surface area (TPSA) is 63.3 Å². The van der Waals surface area contributed by atoms with Crippen molar-refractivity contribution in [3.8, 4) is 11.5 Å². The first-order chi connectivity index (χ1) is 12.6. The van der Waals surface area contributed by atoms with Crippen LogP contribution in [0.4, 0.5) is 0 Å². The van der Waals surface area contributed by atoms with E-state index in [1.54, 1.807) is 25.4 Å². The van der Waals surface area contributed by atoms with Gasteiger partial charge in [-0.3, -0.25) is 4.79 Å². The van der Waals surface area contributed by atoms with Crippen LogP contribution in [0.15, 0.2) is 36.5 Å². The van der Waals surface area contributed by atoms with E-state index in [4.69, 9.17) is 21.7 Å². The number of hydrogen-bond acceptors (Lipinski definition) is 4. The molecular weight excluding hydrogens is 348 g/mol. The number of nitrogens with one attached hydrogen (secondary N) is 2. The molecule has 0 saturated heterocycles. The Balaban J connectivity index is 1.72. The molecule has 138 valence electrons. The van der Waals surface area contributed by atoms with E-state index in [0.29, 0.717) is 16.0 Å². The molecule has 1 aromatic carbocycles. The van der Waals surface area contributed by atoms with E-state index in [1.807, 2.05) is 25.1 Å². The lowest BCUT2D eigenvalue weighted by Crippen LogP contribution is -2.27. The Bertz CT molecular complexity index is 828. The van der Waals surface area contributed by atoms with Crippen LogP contribution in [0, 0.1) is 4.64 Å². The van der Waals surface area contributed by atoms with Gasteiger partial charge in [0.15, 0.2) is 11.5 Å². The van der Waals surface area contributed by atoms with Gasteiger partial charge in [-0.1, -0.05) is 18.3 Å². The van der Waals surface area contributed by atoms with Crippen molar-refractivity contribution in [2.24, 2.45) is 0 Å². The lowest BCUT2D eigenvalue weighted by molar-refractivity contribution is 0.0939. The number of hydrogen-bond donors (Lipinski definition) is 2. The summed E-state index contributed by atoms with van der Waals surface area (Å²) in [6.45, 7) is 1.93. The first-order valence-corrected chi connectivity index (χ1v) is 9.32. The van der Waals surface area contributed by atoms with E-state index in [0.717, 1.165) is 24.2 Å². The second kappa shape index (κ2) is 8.36. The second-order valence-corrected chi connectivity index (χ2v) is 6.95. The van der Waals surface area contributed by atoms with Gasteiger partial charge < -0.3 is 19.8 Å². The quantitative estimate of drug-likeness (QED) is 0.730. The predicted molar refractivity (Wildman–Crippen MR) is 103 cm³/mol. The van der Waals surface area contributed by atoms with Crippen LogP contribution in [0.25, 0.3) is 0 Å². The number of pyridine rings is 1. The third kappa shape index (κ3) is 4.25. The summed E-state index contributed by atoms with van der Waals surface area (Å²) in [6, 6.07) is 9.08. The minimum Gasteiger partial charge on any atom is -0.493 e. The molecule has 26 heavy (non-hydrogen) atoms. The minimum atomic E-state index is -0.204. The highest BCUT2D eigenvalue weighted by Gasteiger charge is 2.20. The lowest BCUT2D eigenvalue weighted by atomic mass is 10.1. The molecule has 0 bridgehead atoms. The van der Waals surface area contributed by atoms with E-state index >= 15 is 0 Å². The molecule has 2 aromatic rings. The molecule has 3 rings (SSSR count). The summed E-state index contributed by atoms with van der Waals surface area (Å²) >= 11 is 5.17. The van der Waals surface area contributed by atoms with Crippen LogP contribution in [0.1, 0.15) is 54.6 Å². The van der Waals surface area contributed by atoms with Crippen molar-refractivity contribution in [3.63, 3.8) is 0 Å². The smallest absolute Gasteiger partial charge is 0.254 e. The van der Waals surface area contributed by atoms with Crippen molar-refractivity contribution in [1.29, 1.82) is 0 Å². The van der Waals surface area contributed by atoms with Gasteiger partial charge in [0, 0.05) is 6.20 Å². The maximum Gasteiger partial charge on any atom is 0.254 e. The van der Waals surface area contributed by atoms with Crippen LogP contribution in [-0.2, 0) is 0 Å². The molecule has 0 radical (unpaired) electrons. The number of amides is 1. The van der Waals surface area contributed by atoms with Crippen molar-refractivity contribution in [2.75, 3.05) is 7.11 Å². The second-order valence-electron chi connectivity index (χ2n) is 6.54. The minimum absolute atomic E-state index is 0.188. The number of aromatic amines is 1. The Labute approximate surface area is 158 Å². The molecule has 1 aromatic heterocycles. The van der Waals surface area contributed by atoms with Gasteiger partial charge in [0.05, 0.1) is 24.8 Å². The molecule has 1 amide bonds. The average molecular weight is 372 g/mol. The Hall–Kier alpha value is -2.34. The fraction of sp³-hybridized carbons (Fsp3) is 0.400. The van der Waals surface area contributed by atoms with Crippen LogP contribution in [0.2, 0.25) is 0 Å². The van der Waals surface area contributed by atoms with Crippen LogP contribution < -0.4 is 14.8 Å². The lowest BCUT2D eigenvalue weighted by Gasteiger charge is -2.19. The summed E-state index contributed by atoms with van der Waals surface area (Å²) in [5, 5.41) is 2.98. The molecule has 1 heterocycles. The molecule has 1 atom stereocenters. The highest BCUT2D eigenvalue weighted by atomic mass is 32.1. The molecule has 1 unspecified atom stereocenters. The molecule has 0 spiro atoms. The number of carbonyl (C=O) groups excluding carboxylic acids is 1. The number of methoxy groups -OCH3 is 1. The molecule has 2 N–H and O–H groups in total. The maximum absolute atomic E-state index is 12.4. The summed E-state index contributed by atoms with van der Waals surface area (Å²) in [7, 11) is 1.63. The predicted octanol–water partition coefficient (Wildman–Crippen LogP) is 4.57. The zero-order chi connectivity index (χ0) is 18.5. The van der Waals surface area contributed by atoms with Crippen LogP contribution in [-0.4, -0.2) is 24.1 Å². The average Bonchev–Trinajstić information content (AvgIpc) is 3.15. The number of aromatic nitrogens is 1. The summed E-state index contributed by atoms with van der Waals surface area (Å²) in [5.41, 5.74) is 1.40. The Kier molecular flexibility index (Phi) is 5.93. The molecule has 1 aliphatic carbocycles. The number of benzene rings is 1. The first-order valence-electron chi connectivity index (χ1n) is 8.91. The van der Waals surface area contributed by atoms with Gasteiger partial charge in [0.25, 0.3) is 5.91 Å². The van der Waals surface area contributed by atoms with Crippen LogP contribution in [0.5, 0.6) is 11.5 Å². The highest BCUT2D eigenvalue weighted by molar-refractivity contribution is 7.71. The molecule has 1 fully saturated rings. The van der Waals surface area contributed by atoms with Crippen molar-refractivity contribution in [1.82, 2.24) is 10.3 Å². The number of rotatable bonds is 6. The van der Waals surface area contributed by atoms with E-state index < -0.39 is 0 Å². The zero-order valence-corrected chi connectivity index (χ0v) is 15.9. The van der Waals surface area contributed by atoms with Gasteiger partial charge in [0.2, 0.25) is 0 Å². The first kappa shape index (κ1) is 18.5. The fourth-order valence-corrected chi connectivity index (χ4v) is 3.42. The third-order valence-electron chi connectivity index (χ3n) is 4.69. The maximum atomic E-state index is 12.4.